The molecule has 0 aliphatic carbocycles. The first-order valence-electron chi connectivity index (χ1n) is 8.64. The maximum absolute atomic E-state index is 5.45. The summed E-state index contributed by atoms with van der Waals surface area (Å²) in [5, 5.41) is 12.3. The predicted octanol–water partition coefficient (Wildman–Crippen LogP) is 2.13. The molecule has 1 aliphatic rings. The van der Waals surface area contributed by atoms with Crippen LogP contribution in [0.2, 0.25) is 0 Å². The maximum Gasteiger partial charge on any atom is 0.173 e. The lowest BCUT2D eigenvalue weighted by Crippen LogP contribution is -2.47. The average molecular weight is 338 g/mol. The van der Waals surface area contributed by atoms with E-state index in [0.29, 0.717) is 0 Å². The van der Waals surface area contributed by atoms with E-state index in [-0.39, 0.29) is 6.04 Å². The first-order chi connectivity index (χ1) is 12.3. The van der Waals surface area contributed by atoms with E-state index in [1.54, 1.807) is 6.26 Å². The molecule has 0 amide bonds. The molecule has 1 saturated heterocycles. The zero-order chi connectivity index (χ0) is 17.1. The van der Waals surface area contributed by atoms with Gasteiger partial charge in [0.1, 0.15) is 5.76 Å². The average Bonchev–Trinajstić information content (AvgIpc) is 3.34. The highest BCUT2D eigenvalue weighted by atomic mass is 16.3. The lowest BCUT2D eigenvalue weighted by Gasteiger charge is -2.37. The topological polar surface area (TPSA) is 63.2 Å². The molecular weight excluding hydrogens is 316 g/mol. The molecule has 0 spiro atoms. The van der Waals surface area contributed by atoms with Crippen LogP contribution in [0.5, 0.6) is 0 Å². The summed E-state index contributed by atoms with van der Waals surface area (Å²) >= 11 is 0. The SMILES string of the molecule is C[C@H](c1nnnn1-c1ccccc1)N1CCN(Cc2ccco2)CC1. The van der Waals surface area contributed by atoms with Gasteiger partial charge >= 0.3 is 0 Å². The molecule has 1 fully saturated rings. The number of benzene rings is 1. The number of piperazine rings is 1. The fraction of sp³-hybridized carbons (Fsp3) is 0.389. The van der Waals surface area contributed by atoms with Crippen molar-refractivity contribution in [3.8, 4) is 5.69 Å². The molecular formula is C18H22N6O. The van der Waals surface area contributed by atoms with Crippen LogP contribution in [-0.2, 0) is 6.54 Å². The van der Waals surface area contributed by atoms with Crippen molar-refractivity contribution >= 4 is 0 Å². The van der Waals surface area contributed by atoms with Gasteiger partial charge in [-0.05, 0) is 41.6 Å². The summed E-state index contributed by atoms with van der Waals surface area (Å²) in [6.07, 6.45) is 1.73. The van der Waals surface area contributed by atoms with E-state index in [1.165, 1.54) is 0 Å². The Balaban J connectivity index is 1.41. The van der Waals surface area contributed by atoms with E-state index >= 15 is 0 Å². The summed E-state index contributed by atoms with van der Waals surface area (Å²) in [6, 6.07) is 14.2. The second kappa shape index (κ2) is 7.16. The monoisotopic (exact) mass is 338 g/mol. The Morgan fingerprint density at radius 3 is 2.56 bits per heavy atom. The number of nitrogens with zero attached hydrogens (tertiary/aromatic N) is 6. The molecule has 7 heteroatoms. The van der Waals surface area contributed by atoms with Crippen molar-refractivity contribution < 1.29 is 4.42 Å². The van der Waals surface area contributed by atoms with Crippen LogP contribution in [0.3, 0.4) is 0 Å². The molecule has 0 saturated carbocycles. The van der Waals surface area contributed by atoms with Gasteiger partial charge in [-0.2, -0.15) is 4.68 Å². The van der Waals surface area contributed by atoms with E-state index in [0.717, 1.165) is 50.0 Å². The Kier molecular flexibility index (Phi) is 4.58. The van der Waals surface area contributed by atoms with Crippen LogP contribution in [0.15, 0.2) is 53.1 Å². The molecule has 130 valence electrons. The minimum absolute atomic E-state index is 0.168. The maximum atomic E-state index is 5.45. The van der Waals surface area contributed by atoms with Crippen molar-refractivity contribution in [3.63, 3.8) is 0 Å². The second-order valence-electron chi connectivity index (χ2n) is 6.35. The van der Waals surface area contributed by atoms with Gasteiger partial charge in [0.05, 0.1) is 24.5 Å². The van der Waals surface area contributed by atoms with Crippen LogP contribution >= 0.6 is 0 Å². The molecule has 1 aliphatic heterocycles. The number of rotatable bonds is 5. The Morgan fingerprint density at radius 1 is 1.04 bits per heavy atom. The number of hydrogen-bond donors (Lipinski definition) is 0. The molecule has 1 aromatic carbocycles. The highest BCUT2D eigenvalue weighted by Gasteiger charge is 2.26. The van der Waals surface area contributed by atoms with E-state index < -0.39 is 0 Å². The molecule has 0 unspecified atom stereocenters. The molecule has 0 bridgehead atoms. The quantitative estimate of drug-likeness (QED) is 0.710. The van der Waals surface area contributed by atoms with Crippen molar-refractivity contribution in [1.29, 1.82) is 0 Å². The van der Waals surface area contributed by atoms with Crippen LogP contribution in [-0.4, -0.2) is 56.2 Å². The minimum Gasteiger partial charge on any atom is -0.468 e. The van der Waals surface area contributed by atoms with Crippen LogP contribution in [0.25, 0.3) is 5.69 Å². The summed E-state index contributed by atoms with van der Waals surface area (Å²) in [7, 11) is 0. The zero-order valence-corrected chi connectivity index (χ0v) is 14.3. The van der Waals surface area contributed by atoms with Gasteiger partial charge in [0, 0.05) is 26.2 Å². The predicted molar refractivity (Wildman–Crippen MR) is 93.1 cm³/mol. The van der Waals surface area contributed by atoms with Gasteiger partial charge in [0.2, 0.25) is 0 Å². The van der Waals surface area contributed by atoms with Gasteiger partial charge in [-0.15, -0.1) is 5.10 Å². The van der Waals surface area contributed by atoms with E-state index in [2.05, 4.69) is 32.2 Å². The third-order valence-corrected chi connectivity index (χ3v) is 4.78. The van der Waals surface area contributed by atoms with Crippen LogP contribution in [0.4, 0.5) is 0 Å². The first-order valence-corrected chi connectivity index (χ1v) is 8.64. The lowest BCUT2D eigenvalue weighted by atomic mass is 10.2. The van der Waals surface area contributed by atoms with Crippen LogP contribution < -0.4 is 0 Å². The molecule has 0 radical (unpaired) electrons. The fourth-order valence-corrected chi connectivity index (χ4v) is 3.30. The van der Waals surface area contributed by atoms with Crippen molar-refractivity contribution in [1.82, 2.24) is 30.0 Å². The van der Waals surface area contributed by atoms with E-state index in [1.807, 2.05) is 47.1 Å². The van der Waals surface area contributed by atoms with Crippen molar-refractivity contribution in [3.05, 3.63) is 60.3 Å². The first kappa shape index (κ1) is 16.0. The normalized spacial score (nSPS) is 17.6. The molecule has 4 rings (SSSR count). The number of para-hydroxylation sites is 1. The van der Waals surface area contributed by atoms with Gasteiger partial charge in [-0.1, -0.05) is 18.2 Å². The molecule has 25 heavy (non-hydrogen) atoms. The van der Waals surface area contributed by atoms with Crippen LogP contribution in [0, 0.1) is 0 Å². The van der Waals surface area contributed by atoms with Gasteiger partial charge in [0.15, 0.2) is 5.82 Å². The number of hydrogen-bond acceptors (Lipinski definition) is 6. The Bertz CT molecular complexity index is 777. The molecule has 1 atom stereocenters. The summed E-state index contributed by atoms with van der Waals surface area (Å²) in [4.78, 5) is 4.85. The van der Waals surface area contributed by atoms with Gasteiger partial charge in [-0.3, -0.25) is 9.80 Å². The van der Waals surface area contributed by atoms with Gasteiger partial charge in [-0.25, -0.2) is 0 Å². The van der Waals surface area contributed by atoms with Crippen molar-refractivity contribution in [2.45, 2.75) is 19.5 Å². The molecule has 3 aromatic rings. The van der Waals surface area contributed by atoms with Crippen molar-refractivity contribution in [2.75, 3.05) is 26.2 Å². The summed E-state index contributed by atoms with van der Waals surface area (Å²) in [5.41, 5.74) is 0.991. The number of furan rings is 1. The molecule has 7 nitrogen and oxygen atoms in total. The summed E-state index contributed by atoms with van der Waals surface area (Å²) in [5.74, 6) is 1.90. The summed E-state index contributed by atoms with van der Waals surface area (Å²) < 4.78 is 7.28. The van der Waals surface area contributed by atoms with Crippen LogP contribution in [0.1, 0.15) is 24.6 Å². The lowest BCUT2D eigenvalue weighted by molar-refractivity contribution is 0.0896. The second-order valence-corrected chi connectivity index (χ2v) is 6.35. The van der Waals surface area contributed by atoms with E-state index in [9.17, 15) is 0 Å². The largest absolute Gasteiger partial charge is 0.468 e. The Morgan fingerprint density at radius 2 is 1.84 bits per heavy atom. The third-order valence-electron chi connectivity index (χ3n) is 4.78. The highest BCUT2D eigenvalue weighted by molar-refractivity contribution is 5.30. The Labute approximate surface area is 146 Å². The highest BCUT2D eigenvalue weighted by Crippen LogP contribution is 2.22. The molecule has 2 aromatic heterocycles. The zero-order valence-electron chi connectivity index (χ0n) is 14.3. The smallest absolute Gasteiger partial charge is 0.173 e. The standard InChI is InChI=1S/C18H22N6O/c1-15(18-19-20-21-24(18)16-6-3-2-4-7-16)23-11-9-22(10-12-23)14-17-8-5-13-25-17/h2-8,13,15H,9-12,14H2,1H3/t15-/m1/s1. The molecule has 3 heterocycles. The van der Waals surface area contributed by atoms with Gasteiger partial charge < -0.3 is 4.42 Å². The molecule has 0 N–H and O–H groups in total. The Hall–Kier alpha value is -2.51. The van der Waals surface area contributed by atoms with Crippen molar-refractivity contribution in [2.24, 2.45) is 0 Å². The number of aromatic nitrogens is 4. The number of tetrazole rings is 1. The summed E-state index contributed by atoms with van der Waals surface area (Å²) in [6.45, 7) is 7.05. The van der Waals surface area contributed by atoms with Gasteiger partial charge in [0.25, 0.3) is 0 Å². The van der Waals surface area contributed by atoms with E-state index in [4.69, 9.17) is 4.42 Å². The third kappa shape index (κ3) is 3.47. The fourth-order valence-electron chi connectivity index (χ4n) is 3.30. The minimum atomic E-state index is 0.168.